The Morgan fingerprint density at radius 3 is 3.00 bits per heavy atom. The van der Waals surface area contributed by atoms with Crippen LogP contribution < -0.4 is 10.1 Å². The fraction of sp³-hybridized carbons (Fsp3) is 0.533. The van der Waals surface area contributed by atoms with Gasteiger partial charge >= 0.3 is 0 Å². The van der Waals surface area contributed by atoms with E-state index in [4.69, 9.17) is 4.74 Å². The van der Waals surface area contributed by atoms with Gasteiger partial charge in [0.2, 0.25) is 5.91 Å². The van der Waals surface area contributed by atoms with Crippen LogP contribution >= 0.6 is 0 Å². The third kappa shape index (κ3) is 2.45. The number of aliphatic hydroxyl groups excluding tert-OH is 1. The highest BCUT2D eigenvalue weighted by atomic mass is 16.5. The first-order valence-electron chi connectivity index (χ1n) is 6.87. The van der Waals surface area contributed by atoms with Crippen LogP contribution in [0, 0.1) is 5.41 Å². The number of fused-ring (bicyclic) bond motifs is 1. The Morgan fingerprint density at radius 1 is 1.42 bits per heavy atom. The molecule has 1 heterocycles. The number of carbonyl (C=O) groups is 1. The van der Waals surface area contributed by atoms with Gasteiger partial charge in [-0.05, 0) is 42.9 Å². The fourth-order valence-corrected chi connectivity index (χ4v) is 2.50. The minimum Gasteiger partial charge on any atom is -0.493 e. The molecule has 0 spiro atoms. The molecule has 4 nitrogen and oxygen atoms in total. The monoisotopic (exact) mass is 261 g/mol. The Hall–Kier alpha value is -1.55. The molecule has 0 unspecified atom stereocenters. The van der Waals surface area contributed by atoms with E-state index in [0.717, 1.165) is 43.6 Å². The second-order valence-corrected chi connectivity index (χ2v) is 5.52. The van der Waals surface area contributed by atoms with Gasteiger partial charge in [0, 0.05) is 6.54 Å². The lowest BCUT2D eigenvalue weighted by Gasteiger charge is -2.18. The third-order valence-electron chi connectivity index (χ3n) is 4.06. The molecule has 102 valence electrons. The van der Waals surface area contributed by atoms with Crippen LogP contribution in [-0.2, 0) is 17.8 Å². The Labute approximate surface area is 112 Å². The predicted octanol–water partition coefficient (Wildman–Crippen LogP) is 1.40. The molecule has 1 fully saturated rings. The topological polar surface area (TPSA) is 58.6 Å². The van der Waals surface area contributed by atoms with E-state index >= 15 is 0 Å². The molecule has 0 aromatic heterocycles. The zero-order chi connectivity index (χ0) is 13.3. The van der Waals surface area contributed by atoms with Crippen LogP contribution in [0.15, 0.2) is 18.2 Å². The van der Waals surface area contributed by atoms with E-state index < -0.39 is 5.41 Å². The average molecular weight is 261 g/mol. The van der Waals surface area contributed by atoms with Gasteiger partial charge < -0.3 is 15.2 Å². The number of ether oxygens (including phenoxy) is 1. The smallest absolute Gasteiger partial charge is 0.228 e. The summed E-state index contributed by atoms with van der Waals surface area (Å²) in [4.78, 5) is 11.9. The third-order valence-corrected chi connectivity index (χ3v) is 4.06. The molecule has 0 atom stereocenters. The fourth-order valence-electron chi connectivity index (χ4n) is 2.50. The summed E-state index contributed by atoms with van der Waals surface area (Å²) in [6.45, 7) is 1.27. The summed E-state index contributed by atoms with van der Waals surface area (Å²) in [5.41, 5.74) is 1.82. The second-order valence-electron chi connectivity index (χ2n) is 5.52. The number of hydrogen-bond acceptors (Lipinski definition) is 3. The van der Waals surface area contributed by atoms with Crippen LogP contribution in [0.25, 0.3) is 0 Å². The SMILES string of the molecule is O=C(NCc1ccc2c(c1)CCCO2)C1(CO)CC1. The van der Waals surface area contributed by atoms with Crippen molar-refractivity contribution in [2.45, 2.75) is 32.2 Å². The Balaban J connectivity index is 1.62. The van der Waals surface area contributed by atoms with Crippen LogP contribution in [0.2, 0.25) is 0 Å². The van der Waals surface area contributed by atoms with Crippen LogP contribution in [0.5, 0.6) is 5.75 Å². The molecule has 1 aliphatic carbocycles. The Morgan fingerprint density at radius 2 is 2.26 bits per heavy atom. The highest BCUT2D eigenvalue weighted by Crippen LogP contribution is 2.45. The van der Waals surface area contributed by atoms with Gasteiger partial charge in [0.1, 0.15) is 5.75 Å². The van der Waals surface area contributed by atoms with E-state index in [0.29, 0.717) is 6.54 Å². The first kappa shape index (κ1) is 12.5. The van der Waals surface area contributed by atoms with Crippen LogP contribution in [-0.4, -0.2) is 24.2 Å². The number of rotatable bonds is 4. The summed E-state index contributed by atoms with van der Waals surface area (Å²) in [6.07, 6.45) is 3.69. The van der Waals surface area contributed by atoms with E-state index in [1.807, 2.05) is 12.1 Å². The summed E-state index contributed by atoms with van der Waals surface area (Å²) in [6, 6.07) is 6.07. The molecule has 2 aliphatic rings. The summed E-state index contributed by atoms with van der Waals surface area (Å²) in [5, 5.41) is 12.1. The predicted molar refractivity (Wildman–Crippen MR) is 70.9 cm³/mol. The normalized spacial score (nSPS) is 19.2. The highest BCUT2D eigenvalue weighted by Gasteiger charge is 2.49. The summed E-state index contributed by atoms with van der Waals surface area (Å²) < 4.78 is 5.57. The standard InChI is InChI=1S/C15H19NO3/c17-10-15(5-6-15)14(18)16-9-11-3-4-13-12(8-11)2-1-7-19-13/h3-4,8,17H,1-2,5-7,9-10H2,(H,16,18). The molecule has 0 bridgehead atoms. The van der Waals surface area contributed by atoms with Gasteiger partial charge in [-0.2, -0.15) is 0 Å². The van der Waals surface area contributed by atoms with Crippen LogP contribution in [0.1, 0.15) is 30.4 Å². The van der Waals surface area contributed by atoms with Crippen molar-refractivity contribution in [3.05, 3.63) is 29.3 Å². The summed E-state index contributed by atoms with van der Waals surface area (Å²) in [5.74, 6) is 0.944. The van der Waals surface area contributed by atoms with Gasteiger partial charge in [0.05, 0.1) is 18.6 Å². The molecule has 0 saturated heterocycles. The van der Waals surface area contributed by atoms with E-state index in [1.165, 1.54) is 5.56 Å². The van der Waals surface area contributed by atoms with Crippen molar-refractivity contribution in [2.24, 2.45) is 5.41 Å². The van der Waals surface area contributed by atoms with Crippen molar-refractivity contribution in [1.29, 1.82) is 0 Å². The molecule has 1 amide bonds. The Bertz CT molecular complexity index is 494. The van der Waals surface area contributed by atoms with Gasteiger partial charge in [-0.1, -0.05) is 12.1 Å². The van der Waals surface area contributed by atoms with E-state index in [2.05, 4.69) is 11.4 Å². The van der Waals surface area contributed by atoms with Crippen molar-refractivity contribution >= 4 is 5.91 Å². The zero-order valence-corrected chi connectivity index (χ0v) is 10.9. The van der Waals surface area contributed by atoms with E-state index in [9.17, 15) is 9.90 Å². The lowest BCUT2D eigenvalue weighted by atomic mass is 10.0. The minimum atomic E-state index is -0.489. The maximum absolute atomic E-state index is 11.9. The largest absolute Gasteiger partial charge is 0.493 e. The molecule has 1 aromatic carbocycles. The number of aryl methyl sites for hydroxylation is 1. The molecule has 4 heteroatoms. The highest BCUT2D eigenvalue weighted by molar-refractivity contribution is 5.85. The average Bonchev–Trinajstić information content (AvgIpc) is 3.25. The van der Waals surface area contributed by atoms with Crippen molar-refractivity contribution in [3.63, 3.8) is 0 Å². The lowest BCUT2D eigenvalue weighted by Crippen LogP contribution is -2.33. The molecule has 1 aromatic rings. The maximum atomic E-state index is 11.9. The zero-order valence-electron chi connectivity index (χ0n) is 10.9. The minimum absolute atomic E-state index is 0.0241. The summed E-state index contributed by atoms with van der Waals surface area (Å²) in [7, 11) is 0. The van der Waals surface area contributed by atoms with Crippen LogP contribution in [0.4, 0.5) is 0 Å². The first-order chi connectivity index (χ1) is 9.23. The molecule has 19 heavy (non-hydrogen) atoms. The number of nitrogens with one attached hydrogen (secondary N) is 1. The molecular weight excluding hydrogens is 242 g/mol. The quantitative estimate of drug-likeness (QED) is 0.861. The number of benzene rings is 1. The van der Waals surface area contributed by atoms with Crippen molar-refractivity contribution < 1.29 is 14.6 Å². The second kappa shape index (κ2) is 4.85. The van der Waals surface area contributed by atoms with Gasteiger partial charge in [0.15, 0.2) is 0 Å². The van der Waals surface area contributed by atoms with Gasteiger partial charge in [-0.3, -0.25) is 4.79 Å². The van der Waals surface area contributed by atoms with E-state index in [-0.39, 0.29) is 12.5 Å². The maximum Gasteiger partial charge on any atom is 0.228 e. The van der Waals surface area contributed by atoms with E-state index in [1.54, 1.807) is 0 Å². The molecule has 1 aliphatic heterocycles. The molecule has 3 rings (SSSR count). The van der Waals surface area contributed by atoms with Gasteiger partial charge in [-0.25, -0.2) is 0 Å². The number of hydrogen-bond donors (Lipinski definition) is 2. The van der Waals surface area contributed by atoms with Gasteiger partial charge in [-0.15, -0.1) is 0 Å². The molecular formula is C15H19NO3. The lowest BCUT2D eigenvalue weighted by molar-refractivity contribution is -0.127. The number of amides is 1. The number of carbonyl (C=O) groups excluding carboxylic acids is 1. The van der Waals surface area contributed by atoms with Crippen molar-refractivity contribution in [2.75, 3.05) is 13.2 Å². The Kier molecular flexibility index (Phi) is 3.19. The number of aliphatic hydroxyl groups is 1. The molecule has 1 saturated carbocycles. The summed E-state index contributed by atoms with van der Waals surface area (Å²) >= 11 is 0. The van der Waals surface area contributed by atoms with Crippen molar-refractivity contribution in [1.82, 2.24) is 5.32 Å². The van der Waals surface area contributed by atoms with Crippen molar-refractivity contribution in [3.8, 4) is 5.75 Å². The van der Waals surface area contributed by atoms with Crippen LogP contribution in [0.3, 0.4) is 0 Å². The first-order valence-corrected chi connectivity index (χ1v) is 6.87. The molecule has 0 radical (unpaired) electrons. The van der Waals surface area contributed by atoms with Gasteiger partial charge in [0.25, 0.3) is 0 Å². The molecule has 2 N–H and O–H groups in total.